The number of amidine groups is 1. The van der Waals surface area contributed by atoms with E-state index in [1.165, 1.54) is 36.2 Å². The van der Waals surface area contributed by atoms with Gasteiger partial charge in [-0.3, -0.25) is 4.79 Å². The summed E-state index contributed by atoms with van der Waals surface area (Å²) in [6.07, 6.45) is 2.02. The standard InChI is InChI=1S/C19H16ClFN4O2S/c20-12-1-4-16(23-8-12)17(26)24-13-2-3-15(21)14(7-13)19-10-27-6-5-11(19)9-28-18(22)25-19/h1-4,7-9H,5-6,10H2,(H2,22,25)(H,24,26)/t19-/m0/s1. The number of fused-ring (bicyclic) bond motifs is 1. The van der Waals surface area contributed by atoms with E-state index in [-0.39, 0.29) is 12.3 Å². The average Bonchev–Trinajstić information content (AvgIpc) is 2.69. The molecule has 1 amide bonds. The number of hydrogen-bond donors (Lipinski definition) is 2. The Labute approximate surface area is 170 Å². The molecular formula is C19H16ClFN4O2S. The topological polar surface area (TPSA) is 89.6 Å². The summed E-state index contributed by atoms with van der Waals surface area (Å²) in [4.78, 5) is 21.0. The van der Waals surface area contributed by atoms with Crippen LogP contribution in [0.15, 0.2) is 52.5 Å². The van der Waals surface area contributed by atoms with Crippen LogP contribution in [0.25, 0.3) is 0 Å². The Kier molecular flexibility index (Phi) is 5.09. The fourth-order valence-corrected chi connectivity index (χ4v) is 4.14. The van der Waals surface area contributed by atoms with Gasteiger partial charge in [-0.15, -0.1) is 0 Å². The van der Waals surface area contributed by atoms with Gasteiger partial charge < -0.3 is 15.8 Å². The molecule has 1 saturated heterocycles. The zero-order valence-electron chi connectivity index (χ0n) is 14.6. The first-order valence-electron chi connectivity index (χ1n) is 8.50. The van der Waals surface area contributed by atoms with Gasteiger partial charge in [-0.2, -0.15) is 0 Å². The van der Waals surface area contributed by atoms with Crippen LogP contribution in [0.5, 0.6) is 0 Å². The highest BCUT2D eigenvalue weighted by Crippen LogP contribution is 2.44. The first-order chi connectivity index (χ1) is 13.5. The van der Waals surface area contributed by atoms with Crippen LogP contribution in [0.4, 0.5) is 10.1 Å². The fourth-order valence-electron chi connectivity index (χ4n) is 3.24. The van der Waals surface area contributed by atoms with Gasteiger partial charge in [0.05, 0.1) is 18.2 Å². The molecule has 2 aliphatic heterocycles. The van der Waals surface area contributed by atoms with Gasteiger partial charge in [-0.25, -0.2) is 14.4 Å². The fraction of sp³-hybridized carbons (Fsp3) is 0.211. The second kappa shape index (κ2) is 7.54. The second-order valence-corrected chi connectivity index (χ2v) is 7.71. The van der Waals surface area contributed by atoms with Crippen LogP contribution in [-0.4, -0.2) is 29.3 Å². The molecule has 0 bridgehead atoms. The third-order valence-corrected chi connectivity index (χ3v) is 5.57. The Balaban J connectivity index is 1.69. The molecule has 1 aromatic heterocycles. The van der Waals surface area contributed by atoms with E-state index in [0.29, 0.717) is 34.5 Å². The molecule has 1 fully saturated rings. The van der Waals surface area contributed by atoms with Crippen molar-refractivity contribution in [2.45, 2.75) is 12.0 Å². The van der Waals surface area contributed by atoms with Gasteiger partial charge in [-0.05, 0) is 47.7 Å². The first kappa shape index (κ1) is 18.9. The quantitative estimate of drug-likeness (QED) is 0.793. The summed E-state index contributed by atoms with van der Waals surface area (Å²) in [5.74, 6) is -0.868. The number of rotatable bonds is 3. The van der Waals surface area contributed by atoms with E-state index in [1.54, 1.807) is 12.1 Å². The van der Waals surface area contributed by atoms with Crippen LogP contribution < -0.4 is 11.1 Å². The lowest BCUT2D eigenvalue weighted by Gasteiger charge is -2.39. The Morgan fingerprint density at radius 2 is 2.21 bits per heavy atom. The highest BCUT2D eigenvalue weighted by Gasteiger charge is 2.43. The maximum atomic E-state index is 14.8. The molecule has 144 valence electrons. The third-order valence-electron chi connectivity index (χ3n) is 4.61. The molecule has 4 rings (SSSR count). The molecule has 0 saturated carbocycles. The Morgan fingerprint density at radius 1 is 1.36 bits per heavy atom. The van der Waals surface area contributed by atoms with Crippen LogP contribution in [0.1, 0.15) is 22.5 Å². The molecular weight excluding hydrogens is 403 g/mol. The number of pyridine rings is 1. The minimum absolute atomic E-state index is 0.188. The van der Waals surface area contributed by atoms with Crippen molar-refractivity contribution < 1.29 is 13.9 Å². The Hall–Kier alpha value is -2.42. The van der Waals surface area contributed by atoms with Crippen molar-refractivity contribution in [2.24, 2.45) is 10.7 Å². The molecule has 28 heavy (non-hydrogen) atoms. The number of benzene rings is 1. The SMILES string of the molecule is NC1=N[C@@]2(c3cc(NC(=O)c4ccc(Cl)cn4)ccc3F)COCCC2=CS1. The van der Waals surface area contributed by atoms with Crippen molar-refractivity contribution in [1.82, 2.24) is 4.98 Å². The van der Waals surface area contributed by atoms with Gasteiger partial charge in [0.15, 0.2) is 5.17 Å². The number of thioether (sulfide) groups is 1. The molecule has 0 spiro atoms. The Morgan fingerprint density at radius 3 is 3.00 bits per heavy atom. The number of nitrogens with one attached hydrogen (secondary N) is 1. The van der Waals surface area contributed by atoms with Gasteiger partial charge >= 0.3 is 0 Å². The van der Waals surface area contributed by atoms with Crippen molar-refractivity contribution in [1.29, 1.82) is 0 Å². The molecule has 3 heterocycles. The smallest absolute Gasteiger partial charge is 0.274 e. The molecule has 2 aromatic rings. The molecule has 0 radical (unpaired) electrons. The lowest BCUT2D eigenvalue weighted by Crippen LogP contribution is -2.40. The summed E-state index contributed by atoms with van der Waals surface area (Å²) >= 11 is 7.11. The van der Waals surface area contributed by atoms with Crippen molar-refractivity contribution in [3.63, 3.8) is 0 Å². The van der Waals surface area contributed by atoms with E-state index < -0.39 is 17.3 Å². The highest BCUT2D eigenvalue weighted by atomic mass is 35.5. The van der Waals surface area contributed by atoms with Crippen molar-refractivity contribution >= 4 is 40.1 Å². The number of nitrogens with zero attached hydrogens (tertiary/aromatic N) is 2. The Bertz CT molecular complexity index is 996. The van der Waals surface area contributed by atoms with Crippen molar-refractivity contribution in [3.8, 4) is 0 Å². The van der Waals surface area contributed by atoms with Gasteiger partial charge in [0.1, 0.15) is 17.1 Å². The number of carbonyl (C=O) groups excluding carboxylic acids is 1. The monoisotopic (exact) mass is 418 g/mol. The van der Waals surface area contributed by atoms with E-state index in [1.807, 2.05) is 5.41 Å². The lowest BCUT2D eigenvalue weighted by atomic mass is 9.81. The largest absolute Gasteiger partial charge is 0.378 e. The number of ether oxygens (including phenoxy) is 1. The first-order valence-corrected chi connectivity index (χ1v) is 9.76. The predicted octanol–water partition coefficient (Wildman–Crippen LogP) is 3.69. The number of amides is 1. The maximum absolute atomic E-state index is 14.8. The van der Waals surface area contributed by atoms with E-state index >= 15 is 0 Å². The zero-order chi connectivity index (χ0) is 19.7. The van der Waals surface area contributed by atoms with Crippen LogP contribution in [0, 0.1) is 5.82 Å². The van der Waals surface area contributed by atoms with Crippen molar-refractivity contribution in [3.05, 3.63) is 69.6 Å². The number of aliphatic imine (C=N–C) groups is 1. The number of halogens is 2. The van der Waals surface area contributed by atoms with E-state index in [9.17, 15) is 9.18 Å². The minimum Gasteiger partial charge on any atom is -0.378 e. The summed E-state index contributed by atoms with van der Waals surface area (Å²) < 4.78 is 20.4. The van der Waals surface area contributed by atoms with Crippen LogP contribution in [0.2, 0.25) is 5.02 Å². The molecule has 3 N–H and O–H groups in total. The van der Waals surface area contributed by atoms with Crippen LogP contribution in [0.3, 0.4) is 0 Å². The van der Waals surface area contributed by atoms with Gasteiger partial charge in [0.25, 0.3) is 5.91 Å². The van der Waals surface area contributed by atoms with Crippen molar-refractivity contribution in [2.75, 3.05) is 18.5 Å². The van der Waals surface area contributed by atoms with E-state index in [0.717, 1.165) is 5.57 Å². The minimum atomic E-state index is -1.02. The summed E-state index contributed by atoms with van der Waals surface area (Å²) in [6.45, 7) is 0.733. The summed E-state index contributed by atoms with van der Waals surface area (Å²) in [6, 6.07) is 7.44. The molecule has 9 heteroatoms. The summed E-state index contributed by atoms with van der Waals surface area (Å²) in [5.41, 5.74) is 6.78. The van der Waals surface area contributed by atoms with Gasteiger partial charge in [0, 0.05) is 17.4 Å². The predicted molar refractivity (Wildman–Crippen MR) is 108 cm³/mol. The molecule has 0 aliphatic carbocycles. The number of anilines is 1. The van der Waals surface area contributed by atoms with Crippen LogP contribution in [-0.2, 0) is 10.3 Å². The van der Waals surface area contributed by atoms with Gasteiger partial charge in [-0.1, -0.05) is 23.4 Å². The van der Waals surface area contributed by atoms with Gasteiger partial charge in [0.2, 0.25) is 0 Å². The molecule has 6 nitrogen and oxygen atoms in total. The van der Waals surface area contributed by atoms with E-state index in [2.05, 4.69) is 15.3 Å². The maximum Gasteiger partial charge on any atom is 0.274 e. The summed E-state index contributed by atoms with van der Waals surface area (Å²) in [5, 5.41) is 5.41. The zero-order valence-corrected chi connectivity index (χ0v) is 16.2. The number of aromatic nitrogens is 1. The summed E-state index contributed by atoms with van der Waals surface area (Å²) in [7, 11) is 0. The molecule has 2 aliphatic rings. The second-order valence-electron chi connectivity index (χ2n) is 6.38. The normalized spacial score (nSPS) is 21.4. The van der Waals surface area contributed by atoms with E-state index in [4.69, 9.17) is 22.1 Å². The number of carbonyl (C=O) groups is 1. The third kappa shape index (κ3) is 3.50. The molecule has 1 aromatic carbocycles. The van der Waals surface area contributed by atoms with Crippen LogP contribution >= 0.6 is 23.4 Å². The highest BCUT2D eigenvalue weighted by molar-refractivity contribution is 8.16. The lowest BCUT2D eigenvalue weighted by molar-refractivity contribution is 0.0688. The number of hydrogen-bond acceptors (Lipinski definition) is 6. The molecule has 1 atom stereocenters. The number of nitrogens with two attached hydrogens (primary N) is 1. The molecule has 0 unspecified atom stereocenters. The average molecular weight is 419 g/mol.